The van der Waals surface area contributed by atoms with Crippen LogP contribution in [-0.4, -0.2) is 41.3 Å². The average molecular weight is 414 g/mol. The van der Waals surface area contributed by atoms with E-state index in [1.54, 1.807) is 0 Å². The van der Waals surface area contributed by atoms with Crippen molar-refractivity contribution < 1.29 is 23.1 Å². The Labute approximate surface area is 172 Å². The van der Waals surface area contributed by atoms with E-state index in [9.17, 15) is 23.1 Å². The quantitative estimate of drug-likeness (QED) is 0.538. The molecule has 1 aromatic carbocycles. The normalized spacial score (nSPS) is 23.0. The number of alkyl halides is 3. The number of halogens is 3. The van der Waals surface area contributed by atoms with Crippen molar-refractivity contribution in [3.05, 3.63) is 35.4 Å². The summed E-state index contributed by atoms with van der Waals surface area (Å²) in [5.74, 6) is -0.242. The van der Waals surface area contributed by atoms with E-state index in [-0.39, 0.29) is 30.8 Å². The lowest BCUT2D eigenvalue weighted by Crippen LogP contribution is -2.45. The fourth-order valence-corrected chi connectivity index (χ4v) is 4.42. The molecule has 0 aliphatic heterocycles. The molecule has 0 unspecified atom stereocenters. The summed E-state index contributed by atoms with van der Waals surface area (Å²) >= 11 is 0. The standard InChI is InChI=1S/C23H34F3NO2/c1-16(2)10-12-27(13-11-23(24,25)26)21-9-6-18(15-22(28)29)14-20(21)19-7-4-17(3)5-8-19/h4-5,7-8,16,18,20-21H,6,9-15H2,1-3H3,(H,28,29)/t18-,20+,21-/m1/s1. The molecule has 0 amide bonds. The predicted molar refractivity (Wildman–Crippen MR) is 109 cm³/mol. The molecule has 1 aliphatic rings. The minimum absolute atomic E-state index is 0.00679. The van der Waals surface area contributed by atoms with Crippen LogP contribution in [0.3, 0.4) is 0 Å². The SMILES string of the molecule is Cc1ccc([C@@H]2C[C@H](CC(=O)O)CC[C@H]2N(CCC(C)C)CCC(F)(F)F)cc1. The maximum atomic E-state index is 13.0. The van der Waals surface area contributed by atoms with Crippen LogP contribution in [0.25, 0.3) is 0 Å². The average Bonchev–Trinajstić information content (AvgIpc) is 2.61. The number of aryl methyl sites for hydroxylation is 1. The number of carboxylic acid groups (broad SMARTS) is 1. The highest BCUT2D eigenvalue weighted by Crippen LogP contribution is 2.41. The highest BCUT2D eigenvalue weighted by molar-refractivity contribution is 5.67. The zero-order chi connectivity index (χ0) is 21.6. The van der Waals surface area contributed by atoms with Crippen LogP contribution >= 0.6 is 0 Å². The summed E-state index contributed by atoms with van der Waals surface area (Å²) in [5, 5.41) is 9.22. The van der Waals surface area contributed by atoms with Crippen LogP contribution in [0.4, 0.5) is 13.2 Å². The van der Waals surface area contributed by atoms with Gasteiger partial charge in [-0.25, -0.2) is 0 Å². The summed E-state index contributed by atoms with van der Waals surface area (Å²) in [7, 11) is 0. The molecule has 1 aliphatic carbocycles. The summed E-state index contributed by atoms with van der Waals surface area (Å²) in [6, 6.07) is 8.19. The van der Waals surface area contributed by atoms with E-state index in [4.69, 9.17) is 0 Å². The van der Waals surface area contributed by atoms with Gasteiger partial charge in [0, 0.05) is 19.0 Å². The summed E-state index contributed by atoms with van der Waals surface area (Å²) in [4.78, 5) is 13.2. The second-order valence-corrected chi connectivity index (χ2v) is 8.95. The summed E-state index contributed by atoms with van der Waals surface area (Å²) in [6.45, 7) is 6.83. The number of aliphatic carboxylic acids is 1. The van der Waals surface area contributed by atoms with Crippen molar-refractivity contribution >= 4 is 5.97 Å². The van der Waals surface area contributed by atoms with Gasteiger partial charge in [0.2, 0.25) is 0 Å². The van der Waals surface area contributed by atoms with E-state index < -0.39 is 18.6 Å². The second-order valence-electron chi connectivity index (χ2n) is 8.95. The molecule has 0 heterocycles. The first-order valence-corrected chi connectivity index (χ1v) is 10.6. The lowest BCUT2D eigenvalue weighted by Gasteiger charge is -2.43. The Morgan fingerprint density at radius 1 is 1.17 bits per heavy atom. The minimum atomic E-state index is -4.17. The predicted octanol–water partition coefficient (Wildman–Crippen LogP) is 6.02. The molecule has 0 spiro atoms. The fraction of sp³-hybridized carbons (Fsp3) is 0.696. The molecule has 0 bridgehead atoms. The third-order valence-electron chi connectivity index (χ3n) is 6.04. The van der Waals surface area contributed by atoms with Gasteiger partial charge in [0.15, 0.2) is 0 Å². The molecule has 1 aromatic rings. The molecule has 0 aromatic heterocycles. The van der Waals surface area contributed by atoms with Gasteiger partial charge >= 0.3 is 12.1 Å². The summed E-state index contributed by atoms with van der Waals surface area (Å²) < 4.78 is 38.9. The number of carbonyl (C=O) groups is 1. The van der Waals surface area contributed by atoms with E-state index in [0.717, 1.165) is 30.4 Å². The van der Waals surface area contributed by atoms with Gasteiger partial charge in [0.1, 0.15) is 0 Å². The Morgan fingerprint density at radius 2 is 1.83 bits per heavy atom. The first-order valence-electron chi connectivity index (χ1n) is 10.6. The zero-order valence-corrected chi connectivity index (χ0v) is 17.7. The van der Waals surface area contributed by atoms with Crippen molar-refractivity contribution in [2.24, 2.45) is 11.8 Å². The smallest absolute Gasteiger partial charge is 0.390 e. The van der Waals surface area contributed by atoms with E-state index in [1.807, 2.05) is 24.0 Å². The summed E-state index contributed by atoms with van der Waals surface area (Å²) in [6.07, 6.45) is -1.78. The van der Waals surface area contributed by atoms with E-state index in [0.29, 0.717) is 18.9 Å². The van der Waals surface area contributed by atoms with Crippen molar-refractivity contribution in [1.82, 2.24) is 4.90 Å². The second kappa shape index (κ2) is 10.5. The third-order valence-corrected chi connectivity index (χ3v) is 6.04. The first-order chi connectivity index (χ1) is 13.5. The zero-order valence-electron chi connectivity index (χ0n) is 17.7. The van der Waals surface area contributed by atoms with E-state index in [2.05, 4.69) is 26.0 Å². The van der Waals surface area contributed by atoms with Crippen LogP contribution in [-0.2, 0) is 4.79 Å². The molecule has 2 rings (SSSR count). The molecule has 0 saturated heterocycles. The number of benzene rings is 1. The van der Waals surface area contributed by atoms with Gasteiger partial charge in [-0.1, -0.05) is 43.7 Å². The van der Waals surface area contributed by atoms with Crippen LogP contribution in [0.5, 0.6) is 0 Å². The monoisotopic (exact) mass is 413 g/mol. The van der Waals surface area contributed by atoms with Crippen molar-refractivity contribution in [2.45, 2.75) is 77.4 Å². The Balaban J connectivity index is 2.25. The minimum Gasteiger partial charge on any atom is -0.481 e. The number of hydrogen-bond acceptors (Lipinski definition) is 2. The third kappa shape index (κ3) is 8.00. The fourth-order valence-electron chi connectivity index (χ4n) is 4.42. The molecule has 1 fully saturated rings. The van der Waals surface area contributed by atoms with Crippen LogP contribution in [0.2, 0.25) is 0 Å². The van der Waals surface area contributed by atoms with Gasteiger partial charge in [-0.05, 0) is 62.5 Å². The van der Waals surface area contributed by atoms with Gasteiger partial charge < -0.3 is 5.11 Å². The van der Waals surface area contributed by atoms with Crippen molar-refractivity contribution in [3.8, 4) is 0 Å². The van der Waals surface area contributed by atoms with Gasteiger partial charge in [-0.15, -0.1) is 0 Å². The number of nitrogens with zero attached hydrogens (tertiary/aromatic N) is 1. The molecule has 164 valence electrons. The van der Waals surface area contributed by atoms with E-state index >= 15 is 0 Å². The van der Waals surface area contributed by atoms with Crippen LogP contribution in [0.15, 0.2) is 24.3 Å². The molecule has 3 atom stereocenters. The lowest BCUT2D eigenvalue weighted by atomic mass is 9.73. The van der Waals surface area contributed by atoms with Crippen LogP contribution in [0, 0.1) is 18.8 Å². The Kier molecular flexibility index (Phi) is 8.56. The topological polar surface area (TPSA) is 40.5 Å². The Bertz CT molecular complexity index is 643. The van der Waals surface area contributed by atoms with E-state index in [1.165, 1.54) is 0 Å². The molecule has 6 heteroatoms. The maximum Gasteiger partial charge on any atom is 0.390 e. The largest absolute Gasteiger partial charge is 0.481 e. The summed E-state index contributed by atoms with van der Waals surface area (Å²) in [5.41, 5.74) is 2.24. The molecule has 1 N–H and O–H groups in total. The van der Waals surface area contributed by atoms with Gasteiger partial charge in [-0.3, -0.25) is 9.69 Å². The molecule has 1 saturated carbocycles. The number of hydrogen-bond donors (Lipinski definition) is 1. The number of carboxylic acids is 1. The van der Waals surface area contributed by atoms with Crippen LogP contribution < -0.4 is 0 Å². The highest BCUT2D eigenvalue weighted by Gasteiger charge is 2.37. The van der Waals surface area contributed by atoms with Gasteiger partial charge in [0.05, 0.1) is 6.42 Å². The van der Waals surface area contributed by atoms with Crippen LogP contribution in [0.1, 0.15) is 69.4 Å². The highest BCUT2D eigenvalue weighted by atomic mass is 19.4. The molecule has 0 radical (unpaired) electrons. The van der Waals surface area contributed by atoms with Gasteiger partial charge in [0.25, 0.3) is 0 Å². The van der Waals surface area contributed by atoms with Crippen molar-refractivity contribution in [1.29, 1.82) is 0 Å². The van der Waals surface area contributed by atoms with Gasteiger partial charge in [-0.2, -0.15) is 13.2 Å². The Morgan fingerprint density at radius 3 is 2.38 bits per heavy atom. The molecule has 3 nitrogen and oxygen atoms in total. The molecular formula is C23H34F3NO2. The Hall–Kier alpha value is -1.56. The molecular weight excluding hydrogens is 379 g/mol. The lowest BCUT2D eigenvalue weighted by molar-refractivity contribution is -0.141. The van der Waals surface area contributed by atoms with Crippen molar-refractivity contribution in [2.75, 3.05) is 13.1 Å². The first kappa shape index (κ1) is 23.7. The maximum absolute atomic E-state index is 13.0. The molecule has 29 heavy (non-hydrogen) atoms. The van der Waals surface area contributed by atoms with Crippen molar-refractivity contribution in [3.63, 3.8) is 0 Å². The number of rotatable bonds is 9.